The second-order valence-corrected chi connectivity index (χ2v) is 7.63. The predicted octanol–water partition coefficient (Wildman–Crippen LogP) is 4.30. The lowest BCUT2D eigenvalue weighted by molar-refractivity contribution is -0.385. The number of hydrogen-bond donors (Lipinski definition) is 0. The van der Waals surface area contributed by atoms with E-state index in [1.807, 2.05) is 6.07 Å². The van der Waals surface area contributed by atoms with Crippen molar-refractivity contribution in [3.63, 3.8) is 0 Å². The highest BCUT2D eigenvalue weighted by atomic mass is 32.2. The molecule has 0 atom stereocenters. The van der Waals surface area contributed by atoms with Gasteiger partial charge in [0.2, 0.25) is 0 Å². The minimum absolute atomic E-state index is 0.0678. The molecule has 0 saturated carbocycles. The molecule has 148 valence electrons. The average molecular weight is 403 g/mol. The highest BCUT2D eigenvalue weighted by Crippen LogP contribution is 2.33. The summed E-state index contributed by atoms with van der Waals surface area (Å²) in [6.45, 7) is 4.34. The van der Waals surface area contributed by atoms with Gasteiger partial charge in [-0.2, -0.15) is 0 Å². The van der Waals surface area contributed by atoms with Gasteiger partial charge >= 0.3 is 5.97 Å². The zero-order valence-electron chi connectivity index (χ0n) is 15.7. The van der Waals surface area contributed by atoms with Gasteiger partial charge in [-0.05, 0) is 37.1 Å². The van der Waals surface area contributed by atoms with E-state index in [-0.39, 0.29) is 38.1 Å². The van der Waals surface area contributed by atoms with Crippen LogP contribution in [0.25, 0.3) is 0 Å². The molecule has 0 aromatic heterocycles. The van der Waals surface area contributed by atoms with Crippen molar-refractivity contribution < 1.29 is 23.9 Å². The summed E-state index contributed by atoms with van der Waals surface area (Å²) in [5, 5.41) is 11.1. The minimum atomic E-state index is -0.486. The van der Waals surface area contributed by atoms with Crippen molar-refractivity contribution >= 4 is 23.4 Å². The first-order chi connectivity index (χ1) is 13.4. The Kier molecular flexibility index (Phi) is 6.53. The number of thioether (sulfide) groups is 1. The number of rotatable bonds is 7. The molecule has 1 heterocycles. The summed E-state index contributed by atoms with van der Waals surface area (Å²) in [7, 11) is 0. The van der Waals surface area contributed by atoms with E-state index in [2.05, 4.69) is 26.0 Å². The number of benzene rings is 2. The Morgan fingerprint density at radius 3 is 2.82 bits per heavy atom. The van der Waals surface area contributed by atoms with Gasteiger partial charge in [0.05, 0.1) is 18.0 Å². The predicted molar refractivity (Wildman–Crippen MR) is 104 cm³/mol. The van der Waals surface area contributed by atoms with E-state index in [0.717, 1.165) is 4.90 Å². The van der Waals surface area contributed by atoms with Gasteiger partial charge in [0, 0.05) is 33.9 Å². The SMILES string of the molecule is Cc1ccc(SCCC(=O)OCc2cc([N+](=O)[O-])cc3c2OCOC3)cc1C. The Labute approximate surface area is 167 Å². The van der Waals surface area contributed by atoms with Crippen molar-refractivity contribution in [3.8, 4) is 5.75 Å². The molecule has 0 bridgehead atoms. The van der Waals surface area contributed by atoms with Crippen molar-refractivity contribution in [2.24, 2.45) is 0 Å². The second kappa shape index (κ2) is 9.07. The summed E-state index contributed by atoms with van der Waals surface area (Å²) in [5.41, 5.74) is 3.42. The van der Waals surface area contributed by atoms with Crippen LogP contribution in [0.1, 0.15) is 28.7 Å². The van der Waals surface area contributed by atoms with Gasteiger partial charge in [0.15, 0.2) is 6.79 Å². The molecule has 3 rings (SSSR count). The van der Waals surface area contributed by atoms with E-state index in [1.54, 1.807) is 11.8 Å². The van der Waals surface area contributed by atoms with Crippen LogP contribution < -0.4 is 4.74 Å². The van der Waals surface area contributed by atoms with Gasteiger partial charge in [-0.25, -0.2) is 0 Å². The molecule has 0 spiro atoms. The number of esters is 1. The lowest BCUT2D eigenvalue weighted by atomic mass is 10.1. The summed E-state index contributed by atoms with van der Waals surface area (Å²) in [6, 6.07) is 8.99. The number of nitrogens with zero attached hydrogens (tertiary/aromatic N) is 1. The third-order valence-corrected chi connectivity index (χ3v) is 5.42. The second-order valence-electron chi connectivity index (χ2n) is 6.47. The highest BCUT2D eigenvalue weighted by molar-refractivity contribution is 7.99. The summed E-state index contributed by atoms with van der Waals surface area (Å²) in [6.07, 6.45) is 0.249. The average Bonchev–Trinajstić information content (AvgIpc) is 2.68. The van der Waals surface area contributed by atoms with Crippen molar-refractivity contribution in [2.75, 3.05) is 12.5 Å². The van der Waals surface area contributed by atoms with E-state index in [4.69, 9.17) is 14.2 Å². The van der Waals surface area contributed by atoms with Crippen LogP contribution in [0.15, 0.2) is 35.2 Å². The van der Waals surface area contributed by atoms with Crippen LogP contribution in [0.4, 0.5) is 5.69 Å². The number of ether oxygens (including phenoxy) is 3. The van der Waals surface area contributed by atoms with Crippen LogP contribution in [0.2, 0.25) is 0 Å². The molecule has 28 heavy (non-hydrogen) atoms. The molecule has 0 unspecified atom stereocenters. The maximum Gasteiger partial charge on any atom is 0.306 e. The maximum atomic E-state index is 12.1. The smallest absolute Gasteiger partial charge is 0.306 e. The topological polar surface area (TPSA) is 87.9 Å². The van der Waals surface area contributed by atoms with Gasteiger partial charge in [-0.3, -0.25) is 14.9 Å². The van der Waals surface area contributed by atoms with E-state index in [9.17, 15) is 14.9 Å². The quantitative estimate of drug-likeness (QED) is 0.295. The number of carbonyl (C=O) groups excluding carboxylic acids is 1. The number of nitro groups is 1. The number of non-ortho nitro benzene ring substituents is 1. The van der Waals surface area contributed by atoms with Crippen LogP contribution in [0, 0.1) is 24.0 Å². The standard InChI is InChI=1S/C20H21NO6S/c1-13-3-4-18(7-14(13)2)28-6-5-19(22)26-11-16-9-17(21(23)24)8-15-10-25-12-27-20(15)16/h3-4,7-9H,5-6,10-12H2,1-2H3. The summed E-state index contributed by atoms with van der Waals surface area (Å²) < 4.78 is 15.9. The molecule has 1 aliphatic heterocycles. The molecule has 8 heteroatoms. The largest absolute Gasteiger partial charge is 0.467 e. The van der Waals surface area contributed by atoms with Crippen LogP contribution in [0.3, 0.4) is 0 Å². The third kappa shape index (κ3) is 5.02. The molecular weight excluding hydrogens is 382 g/mol. The lowest BCUT2D eigenvalue weighted by Gasteiger charge is -2.20. The number of carbonyl (C=O) groups is 1. The Balaban J connectivity index is 1.56. The third-order valence-electron chi connectivity index (χ3n) is 4.42. The van der Waals surface area contributed by atoms with Crippen LogP contribution >= 0.6 is 11.8 Å². The first-order valence-corrected chi connectivity index (χ1v) is 9.79. The Morgan fingerprint density at radius 2 is 2.07 bits per heavy atom. The summed E-state index contributed by atoms with van der Waals surface area (Å²) in [4.78, 5) is 23.8. The lowest BCUT2D eigenvalue weighted by Crippen LogP contribution is -2.15. The molecule has 2 aromatic carbocycles. The molecule has 0 N–H and O–H groups in total. The molecule has 1 aliphatic rings. The molecule has 0 aliphatic carbocycles. The first kappa shape index (κ1) is 20.2. The van der Waals surface area contributed by atoms with Crippen LogP contribution in [-0.2, 0) is 27.5 Å². The highest BCUT2D eigenvalue weighted by Gasteiger charge is 2.21. The molecule has 7 nitrogen and oxygen atoms in total. The first-order valence-electron chi connectivity index (χ1n) is 8.80. The number of nitro benzene ring substituents is 1. The summed E-state index contributed by atoms with van der Waals surface area (Å²) >= 11 is 1.59. The molecule has 2 aromatic rings. The minimum Gasteiger partial charge on any atom is -0.467 e. The van der Waals surface area contributed by atoms with Gasteiger partial charge < -0.3 is 14.2 Å². The number of hydrogen-bond acceptors (Lipinski definition) is 7. The number of aryl methyl sites for hydroxylation is 2. The van der Waals surface area contributed by atoms with Crippen molar-refractivity contribution in [2.45, 2.75) is 38.4 Å². The summed E-state index contributed by atoms with van der Waals surface area (Å²) in [5.74, 6) is 0.733. The Morgan fingerprint density at radius 1 is 1.25 bits per heavy atom. The molecule has 0 fully saturated rings. The van der Waals surface area contributed by atoms with E-state index in [1.165, 1.54) is 23.3 Å². The van der Waals surface area contributed by atoms with Crippen molar-refractivity contribution in [3.05, 3.63) is 62.7 Å². The zero-order chi connectivity index (χ0) is 20.1. The van der Waals surface area contributed by atoms with Gasteiger partial charge in [-0.1, -0.05) is 6.07 Å². The Hall–Kier alpha value is -2.58. The van der Waals surface area contributed by atoms with Gasteiger partial charge in [-0.15, -0.1) is 11.8 Å². The fourth-order valence-electron chi connectivity index (χ4n) is 2.78. The van der Waals surface area contributed by atoms with Crippen LogP contribution in [-0.4, -0.2) is 23.4 Å². The molecule has 0 radical (unpaired) electrons. The fraction of sp³-hybridized carbons (Fsp3) is 0.350. The number of fused-ring (bicyclic) bond motifs is 1. The van der Waals surface area contributed by atoms with Crippen molar-refractivity contribution in [1.29, 1.82) is 0 Å². The van der Waals surface area contributed by atoms with E-state index in [0.29, 0.717) is 22.6 Å². The monoisotopic (exact) mass is 403 g/mol. The molecular formula is C20H21NO6S. The van der Waals surface area contributed by atoms with E-state index >= 15 is 0 Å². The molecule has 0 amide bonds. The molecule has 0 saturated heterocycles. The normalized spacial score (nSPS) is 12.8. The van der Waals surface area contributed by atoms with E-state index < -0.39 is 4.92 Å². The van der Waals surface area contributed by atoms with Gasteiger partial charge in [0.25, 0.3) is 5.69 Å². The fourth-order valence-corrected chi connectivity index (χ4v) is 3.71. The maximum absolute atomic E-state index is 12.1. The van der Waals surface area contributed by atoms with Crippen LogP contribution in [0.5, 0.6) is 5.75 Å². The Bertz CT molecular complexity index is 899. The van der Waals surface area contributed by atoms with Crippen molar-refractivity contribution in [1.82, 2.24) is 0 Å². The van der Waals surface area contributed by atoms with Gasteiger partial charge in [0.1, 0.15) is 12.4 Å². The zero-order valence-corrected chi connectivity index (χ0v) is 16.5.